The van der Waals surface area contributed by atoms with Gasteiger partial charge in [0.05, 0.1) is 16.8 Å². The summed E-state index contributed by atoms with van der Waals surface area (Å²) in [6.07, 6.45) is 0.349. The quantitative estimate of drug-likeness (QED) is 0.649. The summed E-state index contributed by atoms with van der Waals surface area (Å²) in [4.78, 5) is 13.0. The molecule has 1 N–H and O–H groups in total. The van der Waals surface area contributed by atoms with Crippen LogP contribution >= 0.6 is 0 Å². The van der Waals surface area contributed by atoms with Crippen molar-refractivity contribution >= 4 is 37.3 Å². The van der Waals surface area contributed by atoms with Crippen molar-refractivity contribution in [3.8, 4) is 5.75 Å². The molecule has 0 radical (unpaired) electrons. The maximum Gasteiger partial charge on any atom is 0.265 e. The highest BCUT2D eigenvalue weighted by Crippen LogP contribution is 2.34. The number of amides is 1. The standard InChI is InChI=1S/C21H27N3O6S2/c1-4-23(5-2)32(28,29)17-12-10-16(11-13-17)22-21(25)20-14-15-24(31(3,26)27)18-8-6-7-9-19(18)30-20/h6-13,20H,4-5,14-15H2,1-3H3,(H,22,25). The molecule has 32 heavy (non-hydrogen) atoms. The molecule has 3 rings (SSSR count). The van der Waals surface area contributed by atoms with Crippen molar-refractivity contribution in [1.82, 2.24) is 4.31 Å². The summed E-state index contributed by atoms with van der Waals surface area (Å²) in [6, 6.07) is 12.6. The molecular weight excluding hydrogens is 454 g/mol. The third-order valence-electron chi connectivity index (χ3n) is 5.16. The summed E-state index contributed by atoms with van der Waals surface area (Å²) >= 11 is 0. The number of para-hydroxylation sites is 2. The number of hydrogen-bond donors (Lipinski definition) is 1. The average Bonchev–Trinajstić information content (AvgIpc) is 2.94. The minimum absolute atomic E-state index is 0.0922. The Morgan fingerprint density at radius 1 is 1.06 bits per heavy atom. The van der Waals surface area contributed by atoms with Crippen LogP contribution in [0.2, 0.25) is 0 Å². The molecule has 1 amide bonds. The number of anilines is 2. The van der Waals surface area contributed by atoms with Crippen LogP contribution in [0.3, 0.4) is 0 Å². The predicted molar refractivity (Wildman–Crippen MR) is 123 cm³/mol. The molecule has 0 saturated carbocycles. The second kappa shape index (κ2) is 9.47. The summed E-state index contributed by atoms with van der Waals surface area (Å²) in [7, 11) is -7.13. The first kappa shape index (κ1) is 24.0. The number of carbonyl (C=O) groups is 1. The van der Waals surface area contributed by atoms with E-state index in [1.165, 1.54) is 32.9 Å². The molecule has 1 unspecified atom stereocenters. The minimum atomic E-state index is -3.59. The van der Waals surface area contributed by atoms with Gasteiger partial charge in [-0.15, -0.1) is 0 Å². The first-order valence-electron chi connectivity index (χ1n) is 10.2. The number of hydrogen-bond acceptors (Lipinski definition) is 6. The van der Waals surface area contributed by atoms with Crippen LogP contribution in [0.1, 0.15) is 20.3 Å². The van der Waals surface area contributed by atoms with E-state index in [4.69, 9.17) is 4.74 Å². The molecule has 1 aliphatic heterocycles. The topological polar surface area (TPSA) is 113 Å². The number of sulfonamides is 2. The van der Waals surface area contributed by atoms with E-state index in [2.05, 4.69) is 5.32 Å². The Morgan fingerprint density at radius 2 is 1.69 bits per heavy atom. The highest BCUT2D eigenvalue weighted by atomic mass is 32.2. The minimum Gasteiger partial charge on any atom is -0.478 e. The van der Waals surface area contributed by atoms with Crippen LogP contribution in [0.4, 0.5) is 11.4 Å². The molecular formula is C21H27N3O6S2. The molecule has 11 heteroatoms. The van der Waals surface area contributed by atoms with Crippen LogP contribution in [-0.2, 0) is 24.8 Å². The number of carbonyl (C=O) groups excluding carboxylic acids is 1. The fraction of sp³-hybridized carbons (Fsp3) is 0.381. The lowest BCUT2D eigenvalue weighted by Crippen LogP contribution is -2.36. The Balaban J connectivity index is 1.77. The van der Waals surface area contributed by atoms with Crippen LogP contribution < -0.4 is 14.4 Å². The molecule has 1 heterocycles. The van der Waals surface area contributed by atoms with Crippen molar-refractivity contribution < 1.29 is 26.4 Å². The normalized spacial score (nSPS) is 16.8. The lowest BCUT2D eigenvalue weighted by Gasteiger charge is -2.20. The summed E-state index contributed by atoms with van der Waals surface area (Å²) in [5, 5.41) is 2.72. The smallest absolute Gasteiger partial charge is 0.265 e. The van der Waals surface area contributed by atoms with Crippen molar-refractivity contribution in [2.24, 2.45) is 0 Å². The van der Waals surface area contributed by atoms with E-state index in [1.807, 2.05) is 0 Å². The third kappa shape index (κ3) is 5.05. The van der Waals surface area contributed by atoms with Gasteiger partial charge in [0, 0.05) is 31.7 Å². The second-order valence-corrected chi connectivity index (χ2v) is 11.1. The molecule has 2 aromatic rings. The number of nitrogens with one attached hydrogen (secondary N) is 1. The van der Waals surface area contributed by atoms with Crippen LogP contribution in [-0.4, -0.2) is 59.0 Å². The van der Waals surface area contributed by atoms with E-state index in [1.54, 1.807) is 38.1 Å². The molecule has 0 saturated heterocycles. The molecule has 0 fully saturated rings. The van der Waals surface area contributed by atoms with Gasteiger partial charge in [0.1, 0.15) is 5.75 Å². The maximum atomic E-state index is 12.8. The van der Waals surface area contributed by atoms with Gasteiger partial charge in [-0.3, -0.25) is 9.10 Å². The van der Waals surface area contributed by atoms with Gasteiger partial charge in [0.15, 0.2) is 6.10 Å². The summed E-state index contributed by atoms with van der Waals surface area (Å²) in [5.41, 5.74) is 0.797. The molecule has 1 aliphatic rings. The van der Waals surface area contributed by atoms with Crippen LogP contribution in [0.15, 0.2) is 53.4 Å². The Morgan fingerprint density at radius 3 is 2.28 bits per heavy atom. The van der Waals surface area contributed by atoms with E-state index in [0.717, 1.165) is 6.26 Å². The molecule has 9 nitrogen and oxygen atoms in total. The Hall–Kier alpha value is -2.63. The number of benzene rings is 2. The zero-order chi connectivity index (χ0) is 23.5. The lowest BCUT2D eigenvalue weighted by molar-refractivity contribution is -0.122. The van der Waals surface area contributed by atoms with Crippen molar-refractivity contribution in [2.75, 3.05) is 35.5 Å². The van der Waals surface area contributed by atoms with Crippen LogP contribution in [0.25, 0.3) is 0 Å². The van der Waals surface area contributed by atoms with Crippen molar-refractivity contribution in [2.45, 2.75) is 31.3 Å². The van der Waals surface area contributed by atoms with E-state index < -0.39 is 32.1 Å². The van der Waals surface area contributed by atoms with E-state index in [-0.39, 0.29) is 17.9 Å². The summed E-state index contributed by atoms with van der Waals surface area (Å²) < 4.78 is 58.0. The lowest BCUT2D eigenvalue weighted by atomic mass is 10.2. The number of rotatable bonds is 7. The van der Waals surface area contributed by atoms with Gasteiger partial charge in [0.25, 0.3) is 5.91 Å². The highest BCUT2D eigenvalue weighted by molar-refractivity contribution is 7.92. The van der Waals surface area contributed by atoms with Gasteiger partial charge in [-0.1, -0.05) is 26.0 Å². The van der Waals surface area contributed by atoms with Gasteiger partial charge in [0.2, 0.25) is 20.0 Å². The molecule has 0 aromatic heterocycles. The zero-order valence-corrected chi connectivity index (χ0v) is 19.8. The SMILES string of the molecule is CCN(CC)S(=O)(=O)c1ccc(NC(=O)C2CCN(S(C)(=O)=O)c3ccccc3O2)cc1. The van der Waals surface area contributed by atoms with E-state index >= 15 is 0 Å². The van der Waals surface area contributed by atoms with Gasteiger partial charge in [-0.05, 0) is 36.4 Å². The maximum absolute atomic E-state index is 12.8. The van der Waals surface area contributed by atoms with Gasteiger partial charge in [-0.2, -0.15) is 4.31 Å². The first-order valence-corrected chi connectivity index (χ1v) is 13.5. The van der Waals surface area contributed by atoms with Crippen molar-refractivity contribution in [1.29, 1.82) is 0 Å². The van der Waals surface area contributed by atoms with Crippen LogP contribution in [0.5, 0.6) is 5.75 Å². The second-order valence-electron chi connectivity index (χ2n) is 7.30. The van der Waals surface area contributed by atoms with Gasteiger partial charge >= 0.3 is 0 Å². The van der Waals surface area contributed by atoms with Crippen molar-refractivity contribution in [3.63, 3.8) is 0 Å². The molecule has 174 valence electrons. The fourth-order valence-electron chi connectivity index (χ4n) is 3.50. The zero-order valence-electron chi connectivity index (χ0n) is 18.2. The number of fused-ring (bicyclic) bond motifs is 1. The summed E-state index contributed by atoms with van der Waals surface area (Å²) in [5.74, 6) is -0.147. The third-order valence-corrected chi connectivity index (χ3v) is 8.40. The average molecular weight is 482 g/mol. The Bertz CT molecular complexity index is 1180. The van der Waals surface area contributed by atoms with Crippen LogP contribution in [0, 0.1) is 0 Å². The predicted octanol–water partition coefficient (Wildman–Crippen LogP) is 2.27. The fourth-order valence-corrected chi connectivity index (χ4v) is 5.91. The van der Waals surface area contributed by atoms with Gasteiger partial charge < -0.3 is 10.1 Å². The van der Waals surface area contributed by atoms with E-state index in [0.29, 0.717) is 30.2 Å². The largest absolute Gasteiger partial charge is 0.478 e. The Kier molecular flexibility index (Phi) is 7.11. The Labute approximate surface area is 189 Å². The molecule has 0 bridgehead atoms. The van der Waals surface area contributed by atoms with Crippen molar-refractivity contribution in [3.05, 3.63) is 48.5 Å². The van der Waals surface area contributed by atoms with E-state index in [9.17, 15) is 21.6 Å². The number of nitrogens with zero attached hydrogens (tertiary/aromatic N) is 2. The molecule has 2 aromatic carbocycles. The summed E-state index contributed by atoms with van der Waals surface area (Å²) in [6.45, 7) is 4.36. The monoisotopic (exact) mass is 481 g/mol. The first-order chi connectivity index (χ1) is 15.1. The molecule has 0 spiro atoms. The number of ether oxygens (including phenoxy) is 1. The van der Waals surface area contributed by atoms with Gasteiger partial charge in [-0.25, -0.2) is 16.8 Å². The highest BCUT2D eigenvalue weighted by Gasteiger charge is 2.31. The molecule has 1 atom stereocenters. The molecule has 0 aliphatic carbocycles.